The predicted octanol–water partition coefficient (Wildman–Crippen LogP) is 11.4. The molecule has 1 nitrogen and oxygen atoms in total. The summed E-state index contributed by atoms with van der Waals surface area (Å²) in [6.45, 7) is 15.3. The summed E-state index contributed by atoms with van der Waals surface area (Å²) < 4.78 is 1.48. The maximum absolute atomic E-state index is 2.34. The topological polar surface area (TPSA) is 0 Å². The van der Waals surface area contributed by atoms with Crippen molar-refractivity contribution in [1.82, 2.24) is 0 Å². The minimum atomic E-state index is 0. The van der Waals surface area contributed by atoms with Gasteiger partial charge in [0, 0.05) is 1.43 Å². The number of quaternary nitrogens is 1. The molecule has 0 saturated heterocycles. The van der Waals surface area contributed by atoms with E-state index in [0.29, 0.717) is 0 Å². The SMILES string of the molecule is CCCCCCCC[N+](CCCCCCCC)(CCCCCCCC)CCCCCCCC.[H]. The molecule has 0 spiro atoms. The van der Waals surface area contributed by atoms with Gasteiger partial charge in [-0.1, -0.05) is 130 Å². The average Bonchev–Trinajstić information content (AvgIpc) is 2.83. The van der Waals surface area contributed by atoms with Crippen LogP contribution < -0.4 is 0 Å². The van der Waals surface area contributed by atoms with Crippen LogP contribution in [-0.4, -0.2) is 30.7 Å². The minimum Gasteiger partial charge on any atom is -0.324 e. The van der Waals surface area contributed by atoms with Crippen LogP contribution >= 0.6 is 0 Å². The Kier molecular flexibility index (Phi) is 26.5. The average molecular weight is 468 g/mol. The van der Waals surface area contributed by atoms with E-state index >= 15 is 0 Å². The van der Waals surface area contributed by atoms with E-state index in [0.717, 1.165) is 0 Å². The number of hydrogen-bond donors (Lipinski definition) is 0. The molecule has 1 radical (unpaired) electrons. The third kappa shape index (κ3) is 22.2. The van der Waals surface area contributed by atoms with E-state index in [9.17, 15) is 0 Å². The number of unbranched alkanes of at least 4 members (excludes halogenated alkanes) is 20. The highest BCUT2D eigenvalue weighted by atomic mass is 15.3. The van der Waals surface area contributed by atoms with Crippen LogP contribution in [0.3, 0.4) is 0 Å². The van der Waals surface area contributed by atoms with Gasteiger partial charge in [-0.15, -0.1) is 0 Å². The van der Waals surface area contributed by atoms with Crippen molar-refractivity contribution in [1.29, 1.82) is 0 Å². The molecule has 0 aliphatic heterocycles. The fraction of sp³-hybridized carbons (Fsp3) is 1.00. The lowest BCUT2D eigenvalue weighted by molar-refractivity contribution is -0.929. The maximum Gasteiger partial charge on any atom is 0.0786 e. The highest BCUT2D eigenvalue weighted by molar-refractivity contribution is 4.55. The molecule has 0 aliphatic rings. The molecule has 0 unspecified atom stereocenters. The zero-order valence-corrected chi connectivity index (χ0v) is 24.2. The van der Waals surface area contributed by atoms with Crippen LogP contribution in [0.1, 0.15) is 183 Å². The number of rotatable bonds is 28. The van der Waals surface area contributed by atoms with Gasteiger partial charge >= 0.3 is 0 Å². The highest BCUT2D eigenvalue weighted by Crippen LogP contribution is 2.20. The van der Waals surface area contributed by atoms with Crippen LogP contribution in [0.25, 0.3) is 0 Å². The molecule has 0 aliphatic carbocycles. The van der Waals surface area contributed by atoms with E-state index in [4.69, 9.17) is 0 Å². The van der Waals surface area contributed by atoms with Gasteiger partial charge in [0.05, 0.1) is 26.2 Å². The first kappa shape index (κ1) is 33.0. The van der Waals surface area contributed by atoms with Crippen molar-refractivity contribution < 1.29 is 5.91 Å². The molecule has 201 valence electrons. The van der Waals surface area contributed by atoms with Gasteiger partial charge in [-0.05, 0) is 51.4 Å². The molecule has 0 amide bonds. The third-order valence-electron chi connectivity index (χ3n) is 7.94. The molecule has 1 heteroatoms. The van der Waals surface area contributed by atoms with Crippen molar-refractivity contribution in [2.45, 2.75) is 182 Å². The lowest BCUT2D eigenvalue weighted by atomic mass is 10.0. The molecule has 0 atom stereocenters. The number of nitrogens with zero attached hydrogens (tertiary/aromatic N) is 1. The number of hydrogen-bond acceptors (Lipinski definition) is 0. The molecule has 0 saturated carbocycles. The van der Waals surface area contributed by atoms with Gasteiger partial charge in [-0.2, -0.15) is 0 Å². The van der Waals surface area contributed by atoms with Crippen LogP contribution in [0.2, 0.25) is 0 Å². The van der Waals surface area contributed by atoms with Crippen molar-refractivity contribution in [3.63, 3.8) is 0 Å². The summed E-state index contributed by atoms with van der Waals surface area (Å²) in [6, 6.07) is 0. The summed E-state index contributed by atoms with van der Waals surface area (Å²) in [4.78, 5) is 0. The Morgan fingerprint density at radius 1 is 0.273 bits per heavy atom. The Balaban J connectivity index is 0. The van der Waals surface area contributed by atoms with Crippen LogP contribution in [0, 0.1) is 0 Å². The van der Waals surface area contributed by atoms with Crippen molar-refractivity contribution in [3.8, 4) is 0 Å². The minimum absolute atomic E-state index is 0. The van der Waals surface area contributed by atoms with Crippen LogP contribution in [0.15, 0.2) is 0 Å². The van der Waals surface area contributed by atoms with Crippen molar-refractivity contribution in [3.05, 3.63) is 0 Å². The van der Waals surface area contributed by atoms with Gasteiger partial charge in [0.1, 0.15) is 0 Å². The Labute approximate surface area is 214 Å². The predicted molar refractivity (Wildman–Crippen MR) is 154 cm³/mol. The van der Waals surface area contributed by atoms with Gasteiger partial charge in [-0.3, -0.25) is 0 Å². The zero-order valence-electron chi connectivity index (χ0n) is 25.2. The molecule has 0 N–H and O–H groups in total. The lowest BCUT2D eigenvalue weighted by Gasteiger charge is -2.40. The Morgan fingerprint density at radius 3 is 0.667 bits per heavy atom. The third-order valence-corrected chi connectivity index (χ3v) is 7.94. The first-order chi connectivity index (χ1) is 16.2. The Morgan fingerprint density at radius 2 is 0.455 bits per heavy atom. The molecule has 0 rings (SSSR count). The Bertz CT molecular complexity index is 287. The van der Waals surface area contributed by atoms with Gasteiger partial charge in [0.25, 0.3) is 0 Å². The van der Waals surface area contributed by atoms with E-state index in [1.807, 2.05) is 0 Å². The van der Waals surface area contributed by atoms with E-state index < -0.39 is 0 Å². The quantitative estimate of drug-likeness (QED) is 0.0792. The van der Waals surface area contributed by atoms with Crippen LogP contribution in [0.4, 0.5) is 0 Å². The molecule has 0 fully saturated rings. The molecule has 0 bridgehead atoms. The molecular weight excluding hydrogens is 398 g/mol. The van der Waals surface area contributed by atoms with Gasteiger partial charge in [0.2, 0.25) is 0 Å². The van der Waals surface area contributed by atoms with Crippen molar-refractivity contribution >= 4 is 0 Å². The van der Waals surface area contributed by atoms with Crippen molar-refractivity contribution in [2.75, 3.05) is 26.2 Å². The second kappa shape index (κ2) is 26.6. The monoisotopic (exact) mass is 468 g/mol. The molecule has 0 aromatic carbocycles. The molecule has 0 aromatic heterocycles. The van der Waals surface area contributed by atoms with Crippen LogP contribution in [-0.2, 0) is 0 Å². The first-order valence-corrected chi connectivity index (χ1v) is 16.1. The zero-order chi connectivity index (χ0) is 24.3. The summed E-state index contributed by atoms with van der Waals surface area (Å²) in [5.41, 5.74) is 0. The lowest BCUT2D eigenvalue weighted by Crippen LogP contribution is -2.50. The molecule has 33 heavy (non-hydrogen) atoms. The first-order valence-electron chi connectivity index (χ1n) is 16.1. The molecule has 0 aromatic rings. The highest BCUT2D eigenvalue weighted by Gasteiger charge is 2.25. The summed E-state index contributed by atoms with van der Waals surface area (Å²) >= 11 is 0. The molecular formula is C32H69N+. The van der Waals surface area contributed by atoms with Gasteiger partial charge in [-0.25, -0.2) is 0 Å². The van der Waals surface area contributed by atoms with Gasteiger partial charge < -0.3 is 4.48 Å². The summed E-state index contributed by atoms with van der Waals surface area (Å²) in [5.74, 6) is 0. The van der Waals surface area contributed by atoms with Gasteiger partial charge in [0.15, 0.2) is 0 Å². The fourth-order valence-corrected chi connectivity index (χ4v) is 5.58. The van der Waals surface area contributed by atoms with E-state index in [1.165, 1.54) is 185 Å². The van der Waals surface area contributed by atoms with E-state index in [2.05, 4.69) is 27.7 Å². The summed E-state index contributed by atoms with van der Waals surface area (Å²) in [6.07, 6.45) is 34.8. The Hall–Kier alpha value is -0.0400. The second-order valence-electron chi connectivity index (χ2n) is 11.3. The summed E-state index contributed by atoms with van der Waals surface area (Å²) in [5, 5.41) is 0. The smallest absolute Gasteiger partial charge is 0.0786 e. The van der Waals surface area contributed by atoms with Crippen molar-refractivity contribution in [2.24, 2.45) is 0 Å². The van der Waals surface area contributed by atoms with E-state index in [-0.39, 0.29) is 1.43 Å². The normalized spacial score (nSPS) is 12.0. The molecule has 0 heterocycles. The standard InChI is InChI=1S/C32H68N.H/c1-5-9-13-17-21-25-29-33(30-26-22-18-14-10-6-2,31-27-23-19-15-11-7-3)32-28-24-20-16-12-8-4;/h5-32H2,1-4H3;/q+1;. The largest absolute Gasteiger partial charge is 0.324 e. The summed E-state index contributed by atoms with van der Waals surface area (Å²) in [7, 11) is 0. The fourth-order valence-electron chi connectivity index (χ4n) is 5.58. The van der Waals surface area contributed by atoms with E-state index in [1.54, 1.807) is 0 Å². The maximum atomic E-state index is 2.34. The second-order valence-corrected chi connectivity index (χ2v) is 11.3. The van der Waals surface area contributed by atoms with Crippen LogP contribution in [0.5, 0.6) is 0 Å².